The highest BCUT2D eigenvalue weighted by Gasteiger charge is 2.21. The number of carbonyl (C=O) groups is 1. The Morgan fingerprint density at radius 1 is 1.19 bits per heavy atom. The average Bonchev–Trinajstić information content (AvgIpc) is 2.31. The van der Waals surface area contributed by atoms with Crippen molar-refractivity contribution >= 4 is 5.97 Å². The van der Waals surface area contributed by atoms with Crippen LogP contribution in [0.15, 0.2) is 0 Å². The van der Waals surface area contributed by atoms with Gasteiger partial charge in [0.1, 0.15) is 6.10 Å². The lowest BCUT2D eigenvalue weighted by Crippen LogP contribution is -2.31. The Hall–Kier alpha value is -0.610. The summed E-state index contributed by atoms with van der Waals surface area (Å²) >= 11 is 0. The molecule has 0 aliphatic carbocycles. The molecule has 2 rings (SSSR count). The number of ether oxygens (including phenoxy) is 2. The van der Waals surface area contributed by atoms with Crippen molar-refractivity contribution in [2.45, 2.75) is 38.2 Å². The molecule has 2 aliphatic rings. The minimum atomic E-state index is -0.0150. The second-order valence-electron chi connectivity index (χ2n) is 4.70. The fraction of sp³-hybridized carbons (Fsp3) is 0.917. The van der Waals surface area contributed by atoms with Crippen molar-refractivity contribution < 1.29 is 14.3 Å². The Bertz CT molecular complexity index is 198. The molecule has 2 fully saturated rings. The van der Waals surface area contributed by atoms with Gasteiger partial charge in [-0.05, 0) is 31.8 Å². The molecule has 0 aromatic heterocycles. The monoisotopic (exact) mass is 227 g/mol. The molecule has 0 atom stereocenters. The van der Waals surface area contributed by atoms with Gasteiger partial charge in [-0.3, -0.25) is 4.79 Å². The van der Waals surface area contributed by atoms with Crippen LogP contribution in [0, 0.1) is 5.92 Å². The minimum Gasteiger partial charge on any atom is -0.462 e. The van der Waals surface area contributed by atoms with Crippen LogP contribution < -0.4 is 5.32 Å². The molecule has 2 aliphatic heterocycles. The summed E-state index contributed by atoms with van der Waals surface area (Å²) in [5, 5.41) is 3.30. The third-order valence-corrected chi connectivity index (χ3v) is 3.38. The first-order valence-corrected chi connectivity index (χ1v) is 6.32. The second-order valence-corrected chi connectivity index (χ2v) is 4.70. The zero-order valence-electron chi connectivity index (χ0n) is 9.74. The first kappa shape index (κ1) is 11.9. The summed E-state index contributed by atoms with van der Waals surface area (Å²) in [6, 6.07) is 0. The summed E-state index contributed by atoms with van der Waals surface area (Å²) in [4.78, 5) is 11.7. The van der Waals surface area contributed by atoms with E-state index in [0.717, 1.165) is 52.0 Å². The predicted octanol–water partition coefficient (Wildman–Crippen LogP) is 1.10. The predicted molar refractivity (Wildman–Crippen MR) is 60.1 cm³/mol. The van der Waals surface area contributed by atoms with Crippen LogP contribution in [0.3, 0.4) is 0 Å². The van der Waals surface area contributed by atoms with Crippen molar-refractivity contribution in [3.63, 3.8) is 0 Å². The van der Waals surface area contributed by atoms with E-state index in [1.807, 2.05) is 0 Å². The van der Waals surface area contributed by atoms with E-state index in [2.05, 4.69) is 5.32 Å². The van der Waals surface area contributed by atoms with Gasteiger partial charge in [0.05, 0.1) is 13.2 Å². The molecule has 0 amide bonds. The molecule has 0 aromatic rings. The Labute approximate surface area is 96.7 Å². The third-order valence-electron chi connectivity index (χ3n) is 3.38. The van der Waals surface area contributed by atoms with Crippen molar-refractivity contribution in [2.75, 3.05) is 26.3 Å². The molecule has 16 heavy (non-hydrogen) atoms. The topological polar surface area (TPSA) is 47.6 Å². The van der Waals surface area contributed by atoms with Crippen molar-refractivity contribution in [1.29, 1.82) is 0 Å². The Kier molecular flexibility index (Phi) is 4.60. The maximum Gasteiger partial charge on any atom is 0.306 e. The molecule has 2 heterocycles. The van der Waals surface area contributed by atoms with Gasteiger partial charge in [0, 0.05) is 19.3 Å². The molecule has 0 saturated carbocycles. The maximum absolute atomic E-state index is 11.7. The number of rotatable bonds is 3. The molecule has 0 spiro atoms. The van der Waals surface area contributed by atoms with E-state index in [9.17, 15) is 4.79 Å². The molecule has 0 radical (unpaired) electrons. The van der Waals surface area contributed by atoms with Gasteiger partial charge in [-0.25, -0.2) is 0 Å². The standard InChI is InChI=1S/C12H21NO3/c14-12(9-10-1-5-13-6-2-10)16-11-3-7-15-8-4-11/h10-11,13H,1-9H2. The van der Waals surface area contributed by atoms with Crippen LogP contribution in [0.4, 0.5) is 0 Å². The molecular formula is C12H21NO3. The Morgan fingerprint density at radius 2 is 1.88 bits per heavy atom. The molecule has 92 valence electrons. The number of hydrogen-bond donors (Lipinski definition) is 1. The highest BCUT2D eigenvalue weighted by Crippen LogP contribution is 2.18. The summed E-state index contributed by atoms with van der Waals surface area (Å²) in [5.74, 6) is 0.507. The van der Waals surface area contributed by atoms with Crippen molar-refractivity contribution in [1.82, 2.24) is 5.32 Å². The van der Waals surface area contributed by atoms with E-state index in [0.29, 0.717) is 12.3 Å². The lowest BCUT2D eigenvalue weighted by Gasteiger charge is -2.25. The van der Waals surface area contributed by atoms with Crippen LogP contribution in [0.25, 0.3) is 0 Å². The zero-order chi connectivity index (χ0) is 11.2. The second kappa shape index (κ2) is 6.21. The summed E-state index contributed by atoms with van der Waals surface area (Å²) in [7, 11) is 0. The fourth-order valence-electron chi connectivity index (χ4n) is 2.35. The number of carbonyl (C=O) groups excluding carboxylic acids is 1. The van der Waals surface area contributed by atoms with Crippen LogP contribution in [0.1, 0.15) is 32.1 Å². The van der Waals surface area contributed by atoms with Crippen molar-refractivity contribution in [3.05, 3.63) is 0 Å². The van der Waals surface area contributed by atoms with E-state index in [1.165, 1.54) is 0 Å². The van der Waals surface area contributed by atoms with Gasteiger partial charge in [-0.15, -0.1) is 0 Å². The molecule has 4 heteroatoms. The smallest absolute Gasteiger partial charge is 0.306 e. The highest BCUT2D eigenvalue weighted by atomic mass is 16.6. The van der Waals surface area contributed by atoms with E-state index in [1.54, 1.807) is 0 Å². The largest absolute Gasteiger partial charge is 0.462 e. The van der Waals surface area contributed by atoms with Gasteiger partial charge < -0.3 is 14.8 Å². The quantitative estimate of drug-likeness (QED) is 0.733. The van der Waals surface area contributed by atoms with Crippen molar-refractivity contribution in [3.8, 4) is 0 Å². The molecular weight excluding hydrogens is 206 g/mol. The minimum absolute atomic E-state index is 0.0150. The third kappa shape index (κ3) is 3.76. The number of piperidine rings is 1. The van der Waals surface area contributed by atoms with E-state index >= 15 is 0 Å². The molecule has 1 N–H and O–H groups in total. The summed E-state index contributed by atoms with van der Waals surface area (Å²) < 4.78 is 10.7. The van der Waals surface area contributed by atoms with Gasteiger partial charge in [0.25, 0.3) is 0 Å². The Balaban J connectivity index is 1.66. The van der Waals surface area contributed by atoms with Gasteiger partial charge in [0.15, 0.2) is 0 Å². The van der Waals surface area contributed by atoms with Gasteiger partial charge in [-0.1, -0.05) is 0 Å². The summed E-state index contributed by atoms with van der Waals surface area (Å²) in [6.07, 6.45) is 4.61. The molecule has 0 bridgehead atoms. The van der Waals surface area contributed by atoms with Gasteiger partial charge in [-0.2, -0.15) is 0 Å². The normalized spacial score (nSPS) is 24.2. The highest BCUT2D eigenvalue weighted by molar-refractivity contribution is 5.69. The van der Waals surface area contributed by atoms with E-state index in [-0.39, 0.29) is 12.1 Å². The molecule has 4 nitrogen and oxygen atoms in total. The molecule has 0 aromatic carbocycles. The van der Waals surface area contributed by atoms with Crippen LogP contribution in [-0.4, -0.2) is 38.4 Å². The van der Waals surface area contributed by atoms with Gasteiger partial charge >= 0.3 is 5.97 Å². The van der Waals surface area contributed by atoms with Crippen LogP contribution in [-0.2, 0) is 14.3 Å². The SMILES string of the molecule is O=C(CC1CCNCC1)OC1CCOCC1. The zero-order valence-corrected chi connectivity index (χ0v) is 9.74. The number of nitrogens with one attached hydrogen (secondary N) is 1. The van der Waals surface area contributed by atoms with Crippen molar-refractivity contribution in [2.24, 2.45) is 5.92 Å². The summed E-state index contributed by atoms with van der Waals surface area (Å²) in [6.45, 7) is 3.53. The van der Waals surface area contributed by atoms with Gasteiger partial charge in [0.2, 0.25) is 0 Å². The number of hydrogen-bond acceptors (Lipinski definition) is 4. The molecule has 2 saturated heterocycles. The van der Waals surface area contributed by atoms with E-state index in [4.69, 9.17) is 9.47 Å². The number of esters is 1. The fourth-order valence-corrected chi connectivity index (χ4v) is 2.35. The molecule has 0 unspecified atom stereocenters. The van der Waals surface area contributed by atoms with Crippen LogP contribution in [0.2, 0.25) is 0 Å². The lowest BCUT2D eigenvalue weighted by atomic mass is 9.95. The van der Waals surface area contributed by atoms with E-state index < -0.39 is 0 Å². The first-order valence-electron chi connectivity index (χ1n) is 6.32. The average molecular weight is 227 g/mol. The van der Waals surface area contributed by atoms with Crippen LogP contribution >= 0.6 is 0 Å². The summed E-state index contributed by atoms with van der Waals surface area (Å²) in [5.41, 5.74) is 0. The first-order chi connectivity index (χ1) is 7.84. The Morgan fingerprint density at radius 3 is 2.56 bits per heavy atom. The van der Waals surface area contributed by atoms with Crippen LogP contribution in [0.5, 0.6) is 0 Å². The lowest BCUT2D eigenvalue weighted by molar-refractivity contribution is -0.154. The maximum atomic E-state index is 11.7.